The predicted octanol–water partition coefficient (Wildman–Crippen LogP) is 3.36. The number of hydrogen-bond donors (Lipinski definition) is 1. The van der Waals surface area contributed by atoms with Gasteiger partial charge in [0.2, 0.25) is 0 Å². The fraction of sp³-hybridized carbons (Fsp3) is 0.500. The summed E-state index contributed by atoms with van der Waals surface area (Å²) in [5.41, 5.74) is 1.96. The highest BCUT2D eigenvalue weighted by atomic mass is 28.3. The van der Waals surface area contributed by atoms with Crippen LogP contribution >= 0.6 is 0 Å². The molecule has 2 heterocycles. The summed E-state index contributed by atoms with van der Waals surface area (Å²) < 4.78 is 7.81. The van der Waals surface area contributed by atoms with Crippen LogP contribution in [0, 0.1) is 6.92 Å². The third-order valence-corrected chi connectivity index (χ3v) is 4.85. The first-order valence-electron chi connectivity index (χ1n) is 6.59. The second-order valence-corrected chi connectivity index (χ2v) is 11.8. The largest absolute Gasteiger partial charge is 0.506 e. The Bertz CT molecular complexity index is 573. The molecule has 2 aromatic heterocycles. The molecule has 19 heavy (non-hydrogen) atoms. The maximum atomic E-state index is 9.44. The van der Waals surface area contributed by atoms with Crippen LogP contribution in [0.5, 0.6) is 5.75 Å². The van der Waals surface area contributed by atoms with E-state index in [1.165, 1.54) is 12.2 Å². The highest BCUT2D eigenvalue weighted by molar-refractivity contribution is 6.76. The minimum atomic E-state index is -1.04. The number of nitrogens with zero attached hydrogens (tertiary/aromatic N) is 2. The Kier molecular flexibility index (Phi) is 3.96. The second kappa shape index (κ2) is 5.34. The summed E-state index contributed by atoms with van der Waals surface area (Å²) in [6.07, 6.45) is 1.47. The zero-order chi connectivity index (χ0) is 14.0. The average molecular weight is 278 g/mol. The van der Waals surface area contributed by atoms with Gasteiger partial charge in [-0.3, -0.25) is 0 Å². The molecule has 0 aliphatic carbocycles. The van der Waals surface area contributed by atoms with E-state index in [0.717, 1.165) is 23.3 Å². The van der Waals surface area contributed by atoms with Gasteiger partial charge in [0, 0.05) is 25.8 Å². The Hall–Kier alpha value is -1.33. The van der Waals surface area contributed by atoms with Crippen LogP contribution in [0.4, 0.5) is 0 Å². The SMILES string of the molecule is Cc1cc2cc(O)cnc2n1COCC[Si](C)(C)C. The van der Waals surface area contributed by atoms with Gasteiger partial charge in [0.15, 0.2) is 0 Å². The van der Waals surface area contributed by atoms with Gasteiger partial charge in [-0.15, -0.1) is 0 Å². The third-order valence-electron chi connectivity index (χ3n) is 3.14. The van der Waals surface area contributed by atoms with Crippen LogP contribution in [0.15, 0.2) is 18.3 Å². The monoisotopic (exact) mass is 278 g/mol. The molecule has 4 nitrogen and oxygen atoms in total. The van der Waals surface area contributed by atoms with Crippen LogP contribution in [0.1, 0.15) is 5.69 Å². The van der Waals surface area contributed by atoms with E-state index < -0.39 is 8.07 Å². The number of rotatable bonds is 5. The van der Waals surface area contributed by atoms with Gasteiger partial charge in [0.1, 0.15) is 18.1 Å². The summed E-state index contributed by atoms with van der Waals surface area (Å²) >= 11 is 0. The lowest BCUT2D eigenvalue weighted by Crippen LogP contribution is -2.22. The Morgan fingerprint density at radius 1 is 1.32 bits per heavy atom. The number of aryl methyl sites for hydroxylation is 1. The smallest absolute Gasteiger partial charge is 0.142 e. The molecule has 0 amide bonds. The Balaban J connectivity index is 2.06. The van der Waals surface area contributed by atoms with Crippen molar-refractivity contribution in [2.45, 2.75) is 39.3 Å². The van der Waals surface area contributed by atoms with Crippen molar-refractivity contribution >= 4 is 19.1 Å². The molecule has 0 atom stereocenters. The Morgan fingerprint density at radius 3 is 2.74 bits per heavy atom. The fourth-order valence-corrected chi connectivity index (χ4v) is 2.72. The Morgan fingerprint density at radius 2 is 2.05 bits per heavy atom. The van der Waals surface area contributed by atoms with Crippen LogP contribution in [0.3, 0.4) is 0 Å². The predicted molar refractivity (Wildman–Crippen MR) is 80.2 cm³/mol. The fourth-order valence-electron chi connectivity index (χ4n) is 1.96. The van der Waals surface area contributed by atoms with Gasteiger partial charge >= 0.3 is 0 Å². The summed E-state index contributed by atoms with van der Waals surface area (Å²) in [7, 11) is -1.04. The van der Waals surface area contributed by atoms with Crippen molar-refractivity contribution in [3.8, 4) is 5.75 Å². The zero-order valence-electron chi connectivity index (χ0n) is 12.1. The molecule has 2 aromatic rings. The van der Waals surface area contributed by atoms with Crippen molar-refractivity contribution in [2.75, 3.05) is 6.61 Å². The summed E-state index contributed by atoms with van der Waals surface area (Å²) in [4.78, 5) is 4.27. The number of ether oxygens (including phenoxy) is 1. The van der Waals surface area contributed by atoms with Crippen LogP contribution < -0.4 is 0 Å². The molecular formula is C14H22N2O2Si. The van der Waals surface area contributed by atoms with Crippen LogP contribution in [-0.4, -0.2) is 29.3 Å². The maximum Gasteiger partial charge on any atom is 0.142 e. The van der Waals surface area contributed by atoms with Gasteiger partial charge in [0.05, 0.1) is 6.20 Å². The normalized spacial score (nSPS) is 12.2. The van der Waals surface area contributed by atoms with E-state index in [4.69, 9.17) is 4.74 Å². The highest BCUT2D eigenvalue weighted by Crippen LogP contribution is 2.21. The van der Waals surface area contributed by atoms with E-state index in [-0.39, 0.29) is 5.75 Å². The first kappa shape index (κ1) is 14.1. The van der Waals surface area contributed by atoms with Crippen molar-refractivity contribution in [1.29, 1.82) is 0 Å². The minimum Gasteiger partial charge on any atom is -0.506 e. The van der Waals surface area contributed by atoms with Crippen LogP contribution in [-0.2, 0) is 11.5 Å². The second-order valence-electron chi connectivity index (χ2n) is 6.17. The molecule has 0 aliphatic heterocycles. The molecule has 0 aromatic carbocycles. The number of hydrogen-bond acceptors (Lipinski definition) is 3. The van der Waals surface area contributed by atoms with Crippen LogP contribution in [0.25, 0.3) is 11.0 Å². The van der Waals surface area contributed by atoms with Crippen molar-refractivity contribution < 1.29 is 9.84 Å². The lowest BCUT2D eigenvalue weighted by atomic mass is 10.3. The van der Waals surface area contributed by atoms with E-state index in [9.17, 15) is 5.11 Å². The molecular weight excluding hydrogens is 256 g/mol. The third kappa shape index (κ3) is 3.58. The van der Waals surface area contributed by atoms with Gasteiger partial charge in [-0.2, -0.15) is 0 Å². The molecule has 0 saturated carbocycles. The quantitative estimate of drug-likeness (QED) is 0.674. The first-order valence-corrected chi connectivity index (χ1v) is 10.3. The van der Waals surface area contributed by atoms with Crippen molar-refractivity contribution in [2.24, 2.45) is 0 Å². The molecule has 1 N–H and O–H groups in total. The van der Waals surface area contributed by atoms with E-state index in [0.29, 0.717) is 6.73 Å². The van der Waals surface area contributed by atoms with Gasteiger partial charge in [0.25, 0.3) is 0 Å². The topological polar surface area (TPSA) is 47.3 Å². The molecule has 104 valence electrons. The van der Waals surface area contributed by atoms with E-state index in [1.54, 1.807) is 6.07 Å². The standard InChI is InChI=1S/C14H22N2O2Si/c1-11-7-12-8-13(17)9-15-14(12)16(11)10-18-5-6-19(2,3)4/h7-9,17H,5-6,10H2,1-4H3. The molecule has 0 unspecified atom stereocenters. The Labute approximate surface area is 115 Å². The summed E-state index contributed by atoms with van der Waals surface area (Å²) in [5, 5.41) is 10.4. The van der Waals surface area contributed by atoms with Crippen LogP contribution in [0.2, 0.25) is 25.7 Å². The number of aromatic nitrogens is 2. The van der Waals surface area contributed by atoms with Gasteiger partial charge in [-0.25, -0.2) is 4.98 Å². The molecule has 0 saturated heterocycles. The molecule has 0 aliphatic rings. The van der Waals surface area contributed by atoms with E-state index in [1.807, 2.05) is 17.6 Å². The summed E-state index contributed by atoms with van der Waals surface area (Å²) in [5.74, 6) is 0.198. The first-order chi connectivity index (χ1) is 8.87. The maximum absolute atomic E-state index is 9.44. The number of pyridine rings is 1. The van der Waals surface area contributed by atoms with Crippen molar-refractivity contribution in [3.05, 3.63) is 24.0 Å². The number of aromatic hydroxyl groups is 1. The summed E-state index contributed by atoms with van der Waals surface area (Å²) in [6, 6.07) is 4.91. The molecule has 5 heteroatoms. The molecule has 0 radical (unpaired) electrons. The van der Waals surface area contributed by atoms with Crippen molar-refractivity contribution in [1.82, 2.24) is 9.55 Å². The van der Waals surface area contributed by atoms with Gasteiger partial charge in [-0.1, -0.05) is 19.6 Å². The minimum absolute atomic E-state index is 0.198. The van der Waals surface area contributed by atoms with E-state index in [2.05, 4.69) is 24.6 Å². The molecule has 0 bridgehead atoms. The molecule has 2 rings (SSSR count). The van der Waals surface area contributed by atoms with E-state index >= 15 is 0 Å². The average Bonchev–Trinajstić information content (AvgIpc) is 2.58. The van der Waals surface area contributed by atoms with Gasteiger partial charge in [-0.05, 0) is 25.1 Å². The summed E-state index contributed by atoms with van der Waals surface area (Å²) in [6.45, 7) is 10.4. The highest BCUT2D eigenvalue weighted by Gasteiger charge is 2.13. The lowest BCUT2D eigenvalue weighted by molar-refractivity contribution is 0.0886. The van der Waals surface area contributed by atoms with Crippen molar-refractivity contribution in [3.63, 3.8) is 0 Å². The zero-order valence-corrected chi connectivity index (χ0v) is 13.1. The molecule has 0 fully saturated rings. The molecule has 0 spiro atoms. The lowest BCUT2D eigenvalue weighted by Gasteiger charge is -2.16. The van der Waals surface area contributed by atoms with Gasteiger partial charge < -0.3 is 14.4 Å². The number of fused-ring (bicyclic) bond motifs is 1.